The van der Waals surface area contributed by atoms with E-state index in [0.717, 1.165) is 10.0 Å². The molecule has 0 aliphatic heterocycles. The normalized spacial score (nSPS) is 10.5. The van der Waals surface area contributed by atoms with Crippen LogP contribution in [0.3, 0.4) is 0 Å². The van der Waals surface area contributed by atoms with Gasteiger partial charge < -0.3 is 4.74 Å². The van der Waals surface area contributed by atoms with Crippen LogP contribution in [-0.4, -0.2) is 23.9 Å². The maximum absolute atomic E-state index is 12.2. The number of rotatable bonds is 6. The van der Waals surface area contributed by atoms with Gasteiger partial charge in [0.1, 0.15) is 5.56 Å². The zero-order valence-electron chi connectivity index (χ0n) is 12.1. The number of nitrogens with zero attached hydrogens (tertiary/aromatic N) is 1. The van der Waals surface area contributed by atoms with E-state index in [2.05, 4.69) is 31.8 Å². The Bertz CT molecular complexity index is 698. The number of amides is 1. The quantitative estimate of drug-likeness (QED) is 0.746. The minimum Gasteiger partial charge on any atom is -0.471 e. The largest absolute Gasteiger partial charge is 0.471 e. The van der Waals surface area contributed by atoms with Crippen molar-refractivity contribution in [3.05, 3.63) is 52.1 Å². The van der Waals surface area contributed by atoms with Crippen LogP contribution in [0.1, 0.15) is 15.9 Å². The number of hydrazine groups is 1. The fourth-order valence-corrected chi connectivity index (χ4v) is 1.99. The topological polar surface area (TPSA) is 63.2 Å². The summed E-state index contributed by atoms with van der Waals surface area (Å²) in [5.41, 5.74) is 6.96. The molecule has 8 heteroatoms. The first-order valence-electron chi connectivity index (χ1n) is 6.66. The number of halogens is 3. The molecule has 23 heavy (non-hydrogen) atoms. The van der Waals surface area contributed by atoms with Gasteiger partial charge in [0, 0.05) is 10.7 Å². The van der Waals surface area contributed by atoms with Crippen LogP contribution < -0.4 is 15.6 Å². The fraction of sp³-hybridized carbons (Fsp3) is 0.200. The van der Waals surface area contributed by atoms with Crippen molar-refractivity contribution < 1.29 is 18.3 Å². The molecule has 0 saturated heterocycles. The van der Waals surface area contributed by atoms with Crippen LogP contribution >= 0.6 is 15.9 Å². The van der Waals surface area contributed by atoms with Gasteiger partial charge in [0.25, 0.3) is 12.3 Å². The number of ether oxygens (including phenoxy) is 1. The van der Waals surface area contributed by atoms with Crippen molar-refractivity contribution in [3.8, 4) is 5.88 Å². The molecule has 1 aromatic carbocycles. The Hall–Kier alpha value is -2.22. The lowest BCUT2D eigenvalue weighted by Crippen LogP contribution is -2.30. The second-order valence-electron chi connectivity index (χ2n) is 4.60. The third-order valence-electron chi connectivity index (χ3n) is 2.84. The number of aryl methyl sites for hydroxylation is 1. The molecular formula is C15H14BrF2N3O2. The van der Waals surface area contributed by atoms with Gasteiger partial charge in [0.05, 0.1) is 5.69 Å². The summed E-state index contributed by atoms with van der Waals surface area (Å²) in [6, 6.07) is 8.41. The predicted molar refractivity (Wildman–Crippen MR) is 85.7 cm³/mol. The summed E-state index contributed by atoms with van der Waals surface area (Å²) < 4.78 is 30.2. The lowest BCUT2D eigenvalue weighted by atomic mass is 10.2. The number of pyridine rings is 1. The van der Waals surface area contributed by atoms with Gasteiger partial charge in [-0.25, -0.2) is 13.8 Å². The molecule has 2 N–H and O–H groups in total. The highest BCUT2D eigenvalue weighted by molar-refractivity contribution is 9.10. The lowest BCUT2D eigenvalue weighted by Gasteiger charge is -2.12. The Morgan fingerprint density at radius 3 is 2.87 bits per heavy atom. The van der Waals surface area contributed by atoms with Gasteiger partial charge in [-0.2, -0.15) is 0 Å². The Balaban J connectivity index is 2.04. The fourth-order valence-electron chi connectivity index (χ4n) is 1.74. The molecular weight excluding hydrogens is 372 g/mol. The van der Waals surface area contributed by atoms with Crippen LogP contribution in [0, 0.1) is 6.92 Å². The predicted octanol–water partition coefficient (Wildman–Crippen LogP) is 3.55. The summed E-state index contributed by atoms with van der Waals surface area (Å²) in [5, 5.41) is 0. The maximum Gasteiger partial charge on any atom is 0.275 e. The van der Waals surface area contributed by atoms with E-state index in [9.17, 15) is 13.6 Å². The average Bonchev–Trinajstić information content (AvgIpc) is 2.54. The third-order valence-corrected chi connectivity index (χ3v) is 3.73. The SMILES string of the molecule is Cc1cc(NNC(=O)c2cccnc2OCC(F)F)ccc1Br. The molecule has 2 rings (SSSR count). The third kappa shape index (κ3) is 4.88. The van der Waals surface area contributed by atoms with Crippen LogP contribution in [0.25, 0.3) is 0 Å². The molecule has 1 heterocycles. The van der Waals surface area contributed by atoms with Crippen LogP contribution in [0.15, 0.2) is 41.0 Å². The Labute approximate surface area is 140 Å². The maximum atomic E-state index is 12.2. The van der Waals surface area contributed by atoms with Crippen LogP contribution in [0.4, 0.5) is 14.5 Å². The molecule has 2 aromatic rings. The summed E-state index contributed by atoms with van der Waals surface area (Å²) in [7, 11) is 0. The molecule has 0 saturated carbocycles. The number of carbonyl (C=O) groups excluding carboxylic acids is 1. The van der Waals surface area contributed by atoms with E-state index in [1.807, 2.05) is 19.1 Å². The van der Waals surface area contributed by atoms with E-state index in [1.54, 1.807) is 6.07 Å². The van der Waals surface area contributed by atoms with Gasteiger partial charge in [-0.05, 0) is 42.8 Å². The summed E-state index contributed by atoms with van der Waals surface area (Å²) >= 11 is 3.38. The first-order chi connectivity index (χ1) is 11.0. The van der Waals surface area contributed by atoms with Gasteiger partial charge in [0.15, 0.2) is 6.61 Å². The van der Waals surface area contributed by atoms with Gasteiger partial charge in [-0.3, -0.25) is 15.6 Å². The minimum absolute atomic E-state index is 0.0643. The summed E-state index contributed by atoms with van der Waals surface area (Å²) in [4.78, 5) is 15.9. The zero-order chi connectivity index (χ0) is 16.8. The second-order valence-corrected chi connectivity index (χ2v) is 5.46. The molecule has 1 aromatic heterocycles. The van der Waals surface area contributed by atoms with Crippen molar-refractivity contribution in [2.75, 3.05) is 12.0 Å². The monoisotopic (exact) mass is 385 g/mol. The van der Waals surface area contributed by atoms with E-state index < -0.39 is 18.9 Å². The van der Waals surface area contributed by atoms with E-state index in [1.165, 1.54) is 18.3 Å². The van der Waals surface area contributed by atoms with Crippen molar-refractivity contribution >= 4 is 27.5 Å². The van der Waals surface area contributed by atoms with Gasteiger partial charge in [-0.1, -0.05) is 15.9 Å². The lowest BCUT2D eigenvalue weighted by molar-refractivity contribution is 0.0774. The summed E-state index contributed by atoms with van der Waals surface area (Å²) in [5.74, 6) is -0.679. The molecule has 0 bridgehead atoms. The number of aromatic nitrogens is 1. The first kappa shape index (κ1) is 17.1. The molecule has 0 aliphatic rings. The number of hydrogen-bond donors (Lipinski definition) is 2. The van der Waals surface area contributed by atoms with Crippen molar-refractivity contribution in [3.63, 3.8) is 0 Å². The molecule has 0 fully saturated rings. The number of anilines is 1. The zero-order valence-corrected chi connectivity index (χ0v) is 13.7. The smallest absolute Gasteiger partial charge is 0.275 e. The van der Waals surface area contributed by atoms with Crippen molar-refractivity contribution in [1.82, 2.24) is 10.4 Å². The molecule has 1 amide bonds. The molecule has 0 radical (unpaired) electrons. The first-order valence-corrected chi connectivity index (χ1v) is 7.45. The number of nitrogens with one attached hydrogen (secondary N) is 2. The summed E-state index contributed by atoms with van der Waals surface area (Å²) in [6.07, 6.45) is -1.28. The van der Waals surface area contributed by atoms with Crippen LogP contribution in [-0.2, 0) is 0 Å². The van der Waals surface area contributed by atoms with E-state index in [0.29, 0.717) is 5.69 Å². The number of alkyl halides is 2. The molecule has 5 nitrogen and oxygen atoms in total. The standard InChI is InChI=1S/C15H14BrF2N3O2/c1-9-7-10(4-5-12(9)16)20-21-14(22)11-3-2-6-19-15(11)23-8-13(17)18/h2-7,13,20H,8H2,1H3,(H,21,22). The molecule has 122 valence electrons. The Morgan fingerprint density at radius 2 is 2.17 bits per heavy atom. The van der Waals surface area contributed by atoms with Crippen molar-refractivity contribution in [2.45, 2.75) is 13.3 Å². The summed E-state index contributed by atoms with van der Waals surface area (Å²) in [6.45, 7) is 1.09. The van der Waals surface area contributed by atoms with E-state index in [-0.39, 0.29) is 11.4 Å². The van der Waals surface area contributed by atoms with Crippen LogP contribution in [0.2, 0.25) is 0 Å². The van der Waals surface area contributed by atoms with Gasteiger partial charge in [0.2, 0.25) is 5.88 Å². The Morgan fingerprint density at radius 1 is 1.39 bits per heavy atom. The van der Waals surface area contributed by atoms with Crippen LogP contribution in [0.5, 0.6) is 5.88 Å². The van der Waals surface area contributed by atoms with Crippen molar-refractivity contribution in [2.24, 2.45) is 0 Å². The van der Waals surface area contributed by atoms with Gasteiger partial charge in [-0.15, -0.1) is 0 Å². The number of hydrogen-bond acceptors (Lipinski definition) is 4. The highest BCUT2D eigenvalue weighted by Crippen LogP contribution is 2.20. The Kier molecular flexibility index (Phi) is 5.86. The van der Waals surface area contributed by atoms with Crippen molar-refractivity contribution in [1.29, 1.82) is 0 Å². The van der Waals surface area contributed by atoms with Gasteiger partial charge >= 0.3 is 0 Å². The molecule has 0 spiro atoms. The molecule has 0 aliphatic carbocycles. The molecule has 0 unspecified atom stereocenters. The average molecular weight is 386 g/mol. The number of benzene rings is 1. The highest BCUT2D eigenvalue weighted by atomic mass is 79.9. The van der Waals surface area contributed by atoms with E-state index in [4.69, 9.17) is 4.74 Å². The number of carbonyl (C=O) groups is 1. The highest BCUT2D eigenvalue weighted by Gasteiger charge is 2.15. The minimum atomic E-state index is -2.64. The molecule has 0 atom stereocenters. The second kappa shape index (κ2) is 7.87. The van der Waals surface area contributed by atoms with E-state index >= 15 is 0 Å².